The van der Waals surface area contributed by atoms with Crippen LogP contribution in [0.3, 0.4) is 0 Å². The molecule has 0 spiro atoms. The molecule has 1 aliphatic rings. The van der Waals surface area contributed by atoms with Crippen molar-refractivity contribution in [1.29, 1.82) is 0 Å². The van der Waals surface area contributed by atoms with Gasteiger partial charge in [-0.1, -0.05) is 54.6 Å². The summed E-state index contributed by atoms with van der Waals surface area (Å²) in [4.78, 5) is 16.9. The summed E-state index contributed by atoms with van der Waals surface area (Å²) in [5.41, 5.74) is 6.57. The van der Waals surface area contributed by atoms with Crippen LogP contribution in [0.5, 0.6) is 0 Å². The largest absolute Gasteiger partial charge is 0.377 e. The molecular formula is C25H20N4O. The fraction of sp³-hybridized carbons (Fsp3) is 0.0400. The first-order valence-corrected chi connectivity index (χ1v) is 9.83. The first-order chi connectivity index (χ1) is 14.8. The van der Waals surface area contributed by atoms with E-state index in [-0.39, 0.29) is 5.91 Å². The number of hydrogen-bond acceptors (Lipinski definition) is 3. The van der Waals surface area contributed by atoms with E-state index in [0.29, 0.717) is 12.2 Å². The third kappa shape index (κ3) is 3.49. The number of pyridine rings is 1. The Bertz CT molecular complexity index is 1270. The van der Waals surface area contributed by atoms with Gasteiger partial charge in [-0.05, 0) is 41.5 Å². The van der Waals surface area contributed by atoms with Crippen LogP contribution in [0.2, 0.25) is 0 Å². The SMILES string of the molecule is O=C(Nc1ccc(-c2ccn3c(-c4ccccc4)cnc3c2)cc1)C1=CC=CCN1. The standard InChI is InChI=1S/C25H20N4O/c30-25(22-8-4-5-14-26-22)28-21-11-9-18(10-12-21)20-13-15-29-23(17-27-24(29)16-20)19-6-2-1-3-7-19/h1-13,15-17,26H,14H2,(H,28,30). The van der Waals surface area contributed by atoms with Crippen molar-refractivity contribution in [2.75, 3.05) is 11.9 Å². The summed E-state index contributed by atoms with van der Waals surface area (Å²) in [6.45, 7) is 0.667. The van der Waals surface area contributed by atoms with Gasteiger partial charge in [-0.2, -0.15) is 0 Å². The van der Waals surface area contributed by atoms with Crippen molar-refractivity contribution in [3.8, 4) is 22.4 Å². The van der Waals surface area contributed by atoms with E-state index in [1.165, 1.54) is 0 Å². The molecule has 0 radical (unpaired) electrons. The highest BCUT2D eigenvalue weighted by atomic mass is 16.2. The van der Waals surface area contributed by atoms with Crippen LogP contribution in [0.25, 0.3) is 28.0 Å². The van der Waals surface area contributed by atoms with E-state index < -0.39 is 0 Å². The van der Waals surface area contributed by atoms with Gasteiger partial charge < -0.3 is 10.6 Å². The van der Waals surface area contributed by atoms with Crippen LogP contribution in [0.4, 0.5) is 5.69 Å². The average molecular weight is 392 g/mol. The number of allylic oxidation sites excluding steroid dienone is 2. The fourth-order valence-electron chi connectivity index (χ4n) is 3.54. The molecule has 30 heavy (non-hydrogen) atoms. The van der Waals surface area contributed by atoms with Gasteiger partial charge in [-0.15, -0.1) is 0 Å². The number of fused-ring (bicyclic) bond motifs is 1. The fourth-order valence-corrected chi connectivity index (χ4v) is 3.54. The lowest BCUT2D eigenvalue weighted by molar-refractivity contribution is -0.113. The Morgan fingerprint density at radius 3 is 2.57 bits per heavy atom. The molecule has 0 saturated carbocycles. The summed E-state index contributed by atoms with van der Waals surface area (Å²) in [7, 11) is 0. The van der Waals surface area contributed by atoms with E-state index in [9.17, 15) is 4.79 Å². The number of imidazole rings is 1. The zero-order chi connectivity index (χ0) is 20.3. The van der Waals surface area contributed by atoms with E-state index in [1.807, 2.05) is 67.0 Å². The highest BCUT2D eigenvalue weighted by molar-refractivity contribution is 6.03. The Hall–Kier alpha value is -4.12. The summed E-state index contributed by atoms with van der Waals surface area (Å²) in [5, 5.41) is 5.98. The van der Waals surface area contributed by atoms with E-state index in [1.54, 1.807) is 6.08 Å². The number of dihydropyridines is 1. The number of anilines is 1. The molecule has 0 aliphatic carbocycles. The zero-order valence-electron chi connectivity index (χ0n) is 16.2. The van der Waals surface area contributed by atoms with Crippen LogP contribution in [-0.4, -0.2) is 21.8 Å². The molecule has 2 aromatic carbocycles. The molecule has 5 heteroatoms. The highest BCUT2D eigenvalue weighted by Gasteiger charge is 2.11. The van der Waals surface area contributed by atoms with E-state index in [0.717, 1.165) is 33.7 Å². The number of hydrogen-bond donors (Lipinski definition) is 2. The number of nitrogens with one attached hydrogen (secondary N) is 2. The normalized spacial score (nSPS) is 13.0. The minimum Gasteiger partial charge on any atom is -0.377 e. The van der Waals surface area contributed by atoms with Crippen LogP contribution >= 0.6 is 0 Å². The maximum atomic E-state index is 12.3. The molecule has 0 bridgehead atoms. The molecule has 5 rings (SSSR count). The first kappa shape index (κ1) is 17.9. The quantitative estimate of drug-likeness (QED) is 0.531. The Kier molecular flexibility index (Phi) is 4.62. The van der Waals surface area contributed by atoms with Gasteiger partial charge in [-0.3, -0.25) is 9.20 Å². The molecule has 0 unspecified atom stereocenters. The molecule has 0 atom stereocenters. The predicted octanol–water partition coefficient (Wildman–Crippen LogP) is 4.65. The van der Waals surface area contributed by atoms with Gasteiger partial charge in [0.05, 0.1) is 11.9 Å². The molecular weight excluding hydrogens is 372 g/mol. The molecule has 2 N–H and O–H groups in total. The summed E-state index contributed by atoms with van der Waals surface area (Å²) in [6.07, 6.45) is 9.56. The Morgan fingerprint density at radius 1 is 0.967 bits per heavy atom. The topological polar surface area (TPSA) is 58.4 Å². The number of rotatable bonds is 4. The summed E-state index contributed by atoms with van der Waals surface area (Å²) < 4.78 is 2.09. The van der Waals surface area contributed by atoms with Crippen LogP contribution in [0.15, 0.2) is 103 Å². The highest BCUT2D eigenvalue weighted by Crippen LogP contribution is 2.26. The van der Waals surface area contributed by atoms with Crippen molar-refractivity contribution in [1.82, 2.24) is 14.7 Å². The van der Waals surface area contributed by atoms with E-state index >= 15 is 0 Å². The molecule has 1 amide bonds. The Balaban J connectivity index is 1.37. The van der Waals surface area contributed by atoms with Gasteiger partial charge in [0.2, 0.25) is 0 Å². The molecule has 0 fully saturated rings. The number of aromatic nitrogens is 2. The van der Waals surface area contributed by atoms with Crippen molar-refractivity contribution < 1.29 is 4.79 Å². The van der Waals surface area contributed by atoms with Gasteiger partial charge in [0, 0.05) is 24.0 Å². The predicted molar refractivity (Wildman–Crippen MR) is 120 cm³/mol. The molecule has 146 valence electrons. The third-order valence-corrected chi connectivity index (χ3v) is 5.11. The number of carbonyl (C=O) groups is 1. The van der Waals surface area contributed by atoms with Crippen molar-refractivity contribution in [3.05, 3.63) is 103 Å². The molecule has 1 aliphatic heterocycles. The van der Waals surface area contributed by atoms with Gasteiger partial charge in [0.15, 0.2) is 0 Å². The van der Waals surface area contributed by atoms with Crippen molar-refractivity contribution in [2.45, 2.75) is 0 Å². The average Bonchev–Trinajstić information content (AvgIpc) is 3.24. The van der Waals surface area contributed by atoms with E-state index in [2.05, 4.69) is 44.3 Å². The van der Waals surface area contributed by atoms with Crippen molar-refractivity contribution >= 4 is 17.2 Å². The monoisotopic (exact) mass is 392 g/mol. The molecule has 5 nitrogen and oxygen atoms in total. The van der Waals surface area contributed by atoms with Crippen LogP contribution in [-0.2, 0) is 4.79 Å². The minimum atomic E-state index is -0.139. The molecule has 2 aromatic heterocycles. The summed E-state index contributed by atoms with van der Waals surface area (Å²) in [6, 6.07) is 22.2. The van der Waals surface area contributed by atoms with Crippen molar-refractivity contribution in [2.24, 2.45) is 0 Å². The van der Waals surface area contributed by atoms with Crippen LogP contribution in [0.1, 0.15) is 0 Å². The van der Waals surface area contributed by atoms with E-state index in [4.69, 9.17) is 0 Å². The molecule has 0 saturated heterocycles. The molecule has 4 aromatic rings. The maximum absolute atomic E-state index is 12.3. The lowest BCUT2D eigenvalue weighted by Crippen LogP contribution is -2.27. The lowest BCUT2D eigenvalue weighted by Gasteiger charge is -2.12. The zero-order valence-corrected chi connectivity index (χ0v) is 16.2. The third-order valence-electron chi connectivity index (χ3n) is 5.11. The molecule has 3 heterocycles. The maximum Gasteiger partial charge on any atom is 0.271 e. The summed E-state index contributed by atoms with van der Waals surface area (Å²) in [5.74, 6) is -0.139. The first-order valence-electron chi connectivity index (χ1n) is 9.83. The van der Waals surface area contributed by atoms with Gasteiger partial charge in [0.1, 0.15) is 11.3 Å². The Labute approximate surface area is 174 Å². The minimum absolute atomic E-state index is 0.139. The van der Waals surface area contributed by atoms with Gasteiger partial charge in [-0.25, -0.2) is 4.98 Å². The van der Waals surface area contributed by atoms with Gasteiger partial charge >= 0.3 is 0 Å². The Morgan fingerprint density at radius 2 is 1.80 bits per heavy atom. The second-order valence-electron chi connectivity index (χ2n) is 7.07. The lowest BCUT2D eigenvalue weighted by atomic mass is 10.1. The number of nitrogens with zero attached hydrogens (tertiary/aromatic N) is 2. The van der Waals surface area contributed by atoms with Crippen molar-refractivity contribution in [3.63, 3.8) is 0 Å². The smallest absolute Gasteiger partial charge is 0.271 e. The number of amides is 1. The summed E-state index contributed by atoms with van der Waals surface area (Å²) >= 11 is 0. The number of carbonyl (C=O) groups excluding carboxylic acids is 1. The van der Waals surface area contributed by atoms with Gasteiger partial charge in [0.25, 0.3) is 5.91 Å². The van der Waals surface area contributed by atoms with Crippen LogP contribution < -0.4 is 10.6 Å². The second-order valence-corrected chi connectivity index (χ2v) is 7.07. The van der Waals surface area contributed by atoms with Crippen LogP contribution in [0, 0.1) is 0 Å². The number of benzene rings is 2. The second kappa shape index (κ2) is 7.72.